The molecule has 23 heavy (non-hydrogen) atoms. The molecule has 6 nitrogen and oxygen atoms in total. The van der Waals surface area contributed by atoms with Gasteiger partial charge in [0.25, 0.3) is 5.91 Å². The van der Waals surface area contributed by atoms with Gasteiger partial charge in [-0.25, -0.2) is 9.18 Å². The van der Waals surface area contributed by atoms with Crippen LogP contribution >= 0.6 is 0 Å². The maximum Gasteiger partial charge on any atom is 0.321 e. The molecule has 1 aromatic rings. The third-order valence-corrected chi connectivity index (χ3v) is 4.17. The van der Waals surface area contributed by atoms with Crippen LogP contribution in [0.5, 0.6) is 0 Å². The summed E-state index contributed by atoms with van der Waals surface area (Å²) >= 11 is 0. The molecule has 7 heteroatoms. The quantitative estimate of drug-likeness (QED) is 0.866. The molecule has 0 bridgehead atoms. The molecule has 0 radical (unpaired) electrons. The summed E-state index contributed by atoms with van der Waals surface area (Å²) in [6, 6.07) is 3.60. The van der Waals surface area contributed by atoms with Crippen LogP contribution in [-0.4, -0.2) is 55.0 Å². The molecule has 126 valence electrons. The van der Waals surface area contributed by atoms with Gasteiger partial charge in [-0.2, -0.15) is 0 Å². The fourth-order valence-corrected chi connectivity index (χ4v) is 2.73. The molecule has 1 heterocycles. The first-order chi connectivity index (χ1) is 10.9. The average Bonchev–Trinajstić information content (AvgIpc) is 2.95. The lowest BCUT2D eigenvalue weighted by Gasteiger charge is -2.20. The van der Waals surface area contributed by atoms with E-state index in [0.717, 1.165) is 25.6 Å². The minimum atomic E-state index is -0.831. The molecule has 1 aliphatic heterocycles. The van der Waals surface area contributed by atoms with Crippen molar-refractivity contribution in [3.8, 4) is 0 Å². The lowest BCUT2D eigenvalue weighted by Crippen LogP contribution is -2.34. The highest BCUT2D eigenvalue weighted by molar-refractivity contribution is 5.94. The van der Waals surface area contributed by atoms with Gasteiger partial charge in [0.15, 0.2) is 0 Å². The minimum absolute atomic E-state index is 0.188. The van der Waals surface area contributed by atoms with E-state index in [9.17, 15) is 14.0 Å². The van der Waals surface area contributed by atoms with Gasteiger partial charge in [0.1, 0.15) is 5.82 Å². The molecule has 0 saturated carbocycles. The second kappa shape index (κ2) is 7.41. The fourth-order valence-electron chi connectivity index (χ4n) is 2.73. The van der Waals surface area contributed by atoms with Crippen molar-refractivity contribution >= 4 is 17.6 Å². The van der Waals surface area contributed by atoms with Crippen molar-refractivity contribution in [2.45, 2.75) is 13.3 Å². The number of carbonyl (C=O) groups is 2. The van der Waals surface area contributed by atoms with Gasteiger partial charge in [0, 0.05) is 25.3 Å². The van der Waals surface area contributed by atoms with E-state index in [1.54, 1.807) is 4.90 Å². The summed E-state index contributed by atoms with van der Waals surface area (Å²) in [6.07, 6.45) is 0.965. The number of anilines is 1. The van der Waals surface area contributed by atoms with Crippen molar-refractivity contribution in [3.63, 3.8) is 0 Å². The van der Waals surface area contributed by atoms with Gasteiger partial charge in [0.2, 0.25) is 0 Å². The third-order valence-electron chi connectivity index (χ3n) is 4.17. The van der Waals surface area contributed by atoms with Crippen LogP contribution in [0.25, 0.3) is 0 Å². The Hall–Kier alpha value is -2.15. The fraction of sp³-hybridized carbons (Fsp3) is 0.500. The Morgan fingerprint density at radius 3 is 2.83 bits per heavy atom. The number of hydrogen-bond donors (Lipinski definition) is 2. The number of urea groups is 1. The van der Waals surface area contributed by atoms with E-state index in [4.69, 9.17) is 5.73 Å². The largest absolute Gasteiger partial charge is 0.366 e. The number of hydrogen-bond acceptors (Lipinski definition) is 3. The smallest absolute Gasteiger partial charge is 0.321 e. The molecule has 3 N–H and O–H groups in total. The van der Waals surface area contributed by atoms with Crippen LogP contribution in [0.3, 0.4) is 0 Å². The minimum Gasteiger partial charge on any atom is -0.366 e. The highest BCUT2D eigenvalue weighted by Crippen LogP contribution is 2.19. The Morgan fingerprint density at radius 1 is 1.48 bits per heavy atom. The Bertz CT molecular complexity index is 593. The first-order valence-electron chi connectivity index (χ1n) is 7.74. The van der Waals surface area contributed by atoms with Gasteiger partial charge in [-0.15, -0.1) is 0 Å². The van der Waals surface area contributed by atoms with Crippen molar-refractivity contribution in [3.05, 3.63) is 29.6 Å². The van der Waals surface area contributed by atoms with Crippen LogP contribution in [0.1, 0.15) is 23.7 Å². The molecule has 1 aliphatic rings. The molecular formula is C16H23FN4O2. The zero-order valence-electron chi connectivity index (χ0n) is 13.5. The van der Waals surface area contributed by atoms with Crippen molar-refractivity contribution in [1.82, 2.24) is 9.80 Å². The van der Waals surface area contributed by atoms with E-state index in [1.807, 2.05) is 0 Å². The zero-order valence-corrected chi connectivity index (χ0v) is 13.5. The molecular weight excluding hydrogens is 299 g/mol. The van der Waals surface area contributed by atoms with Crippen LogP contribution in [0.15, 0.2) is 18.2 Å². The maximum atomic E-state index is 13.7. The number of nitrogens with one attached hydrogen (secondary N) is 1. The summed E-state index contributed by atoms with van der Waals surface area (Å²) in [4.78, 5) is 27.2. The van der Waals surface area contributed by atoms with Gasteiger partial charge >= 0.3 is 6.03 Å². The van der Waals surface area contributed by atoms with Gasteiger partial charge in [0.05, 0.1) is 5.56 Å². The van der Waals surface area contributed by atoms with Gasteiger partial charge in [-0.05, 0) is 44.1 Å². The summed E-state index contributed by atoms with van der Waals surface area (Å²) in [5, 5.41) is 2.66. The summed E-state index contributed by atoms with van der Waals surface area (Å²) in [7, 11) is 2.06. The molecule has 0 aromatic heterocycles. The first kappa shape index (κ1) is 17.2. The Labute approximate surface area is 135 Å². The molecule has 0 unspecified atom stereocenters. The van der Waals surface area contributed by atoms with Crippen molar-refractivity contribution < 1.29 is 14.0 Å². The van der Waals surface area contributed by atoms with E-state index >= 15 is 0 Å². The van der Waals surface area contributed by atoms with Crippen LogP contribution in [-0.2, 0) is 0 Å². The molecule has 1 saturated heterocycles. The predicted molar refractivity (Wildman–Crippen MR) is 86.8 cm³/mol. The van der Waals surface area contributed by atoms with Crippen LogP contribution in [0, 0.1) is 11.7 Å². The number of rotatable bonds is 5. The van der Waals surface area contributed by atoms with Crippen molar-refractivity contribution in [1.29, 1.82) is 0 Å². The Kier molecular flexibility index (Phi) is 5.54. The maximum absolute atomic E-state index is 13.7. The second-order valence-electron chi connectivity index (χ2n) is 5.94. The van der Waals surface area contributed by atoms with Crippen LogP contribution in [0.4, 0.5) is 14.9 Å². The normalized spacial score (nSPS) is 17.6. The summed E-state index contributed by atoms with van der Waals surface area (Å²) in [5.41, 5.74) is 5.18. The number of halogens is 1. The first-order valence-corrected chi connectivity index (χ1v) is 7.74. The van der Waals surface area contributed by atoms with E-state index in [1.165, 1.54) is 12.1 Å². The van der Waals surface area contributed by atoms with E-state index in [2.05, 4.69) is 24.2 Å². The number of carbonyl (C=O) groups excluding carboxylic acids is 2. The SMILES string of the molecule is CCN(C)C[C@H]1CCN(C(=O)Nc2ccc(C(N)=O)c(F)c2)C1. The zero-order chi connectivity index (χ0) is 17.0. The summed E-state index contributed by atoms with van der Waals surface area (Å²) < 4.78 is 13.7. The lowest BCUT2D eigenvalue weighted by atomic mass is 10.1. The molecule has 0 spiro atoms. The number of nitrogens with two attached hydrogens (primary N) is 1. The standard InChI is InChI=1S/C16H23FN4O2/c1-3-20(2)9-11-6-7-21(10-11)16(23)19-12-4-5-13(15(18)22)14(17)8-12/h4-5,8,11H,3,6-7,9-10H2,1-2H3,(H2,18,22)(H,19,23)/t11-/m1/s1. The molecule has 2 rings (SSSR count). The monoisotopic (exact) mass is 322 g/mol. The van der Waals surface area contributed by atoms with Crippen molar-refractivity contribution in [2.75, 3.05) is 38.5 Å². The van der Waals surface area contributed by atoms with Crippen LogP contribution < -0.4 is 11.1 Å². The van der Waals surface area contributed by atoms with E-state index in [-0.39, 0.29) is 11.6 Å². The average molecular weight is 322 g/mol. The van der Waals surface area contributed by atoms with E-state index < -0.39 is 11.7 Å². The second-order valence-corrected chi connectivity index (χ2v) is 5.94. The van der Waals surface area contributed by atoms with Gasteiger partial charge < -0.3 is 20.9 Å². The highest BCUT2D eigenvalue weighted by atomic mass is 19.1. The molecule has 3 amide bonds. The molecule has 1 fully saturated rings. The number of benzene rings is 1. The Morgan fingerprint density at radius 2 is 2.22 bits per heavy atom. The van der Waals surface area contributed by atoms with E-state index in [0.29, 0.717) is 24.7 Å². The third kappa shape index (κ3) is 4.41. The number of likely N-dealkylation sites (tertiary alicyclic amines) is 1. The summed E-state index contributed by atoms with van der Waals surface area (Å²) in [6.45, 7) is 5.42. The van der Waals surface area contributed by atoms with Gasteiger partial charge in [-0.1, -0.05) is 6.92 Å². The molecule has 1 atom stereocenters. The summed E-state index contributed by atoms with van der Waals surface area (Å²) in [5.74, 6) is -1.11. The topological polar surface area (TPSA) is 78.7 Å². The number of nitrogens with zero attached hydrogens (tertiary/aromatic N) is 2. The van der Waals surface area contributed by atoms with Crippen LogP contribution in [0.2, 0.25) is 0 Å². The highest BCUT2D eigenvalue weighted by Gasteiger charge is 2.27. The Balaban J connectivity index is 1.92. The molecule has 1 aromatic carbocycles. The number of primary amides is 1. The lowest BCUT2D eigenvalue weighted by molar-refractivity contribution is 0.0996. The number of amides is 3. The van der Waals surface area contributed by atoms with Crippen molar-refractivity contribution in [2.24, 2.45) is 11.7 Å². The predicted octanol–water partition coefficient (Wildman–Crippen LogP) is 1.73. The van der Waals surface area contributed by atoms with Gasteiger partial charge in [-0.3, -0.25) is 4.79 Å². The molecule has 0 aliphatic carbocycles.